The number of nitrogen functional groups attached to an aromatic ring is 1. The molecular weight excluding hydrogens is 270 g/mol. The van der Waals surface area contributed by atoms with Crippen LogP contribution in [0.5, 0.6) is 0 Å². The molecule has 2 N–H and O–H groups in total. The van der Waals surface area contributed by atoms with Crippen molar-refractivity contribution in [3.8, 4) is 17.1 Å². The molecule has 0 amide bonds. The van der Waals surface area contributed by atoms with Crippen LogP contribution in [0.4, 0.5) is 5.69 Å². The number of aromatic nitrogens is 2. The molecule has 0 aliphatic heterocycles. The summed E-state index contributed by atoms with van der Waals surface area (Å²) >= 11 is 0. The fourth-order valence-electron chi connectivity index (χ4n) is 2.76. The number of imidazole rings is 1. The van der Waals surface area contributed by atoms with Crippen LogP contribution >= 0.6 is 0 Å². The Morgan fingerprint density at radius 1 is 0.727 bits per heavy atom. The maximum absolute atomic E-state index is 6.22. The van der Waals surface area contributed by atoms with E-state index in [-0.39, 0.29) is 0 Å². The van der Waals surface area contributed by atoms with Crippen molar-refractivity contribution in [3.63, 3.8) is 0 Å². The van der Waals surface area contributed by atoms with E-state index in [4.69, 9.17) is 10.7 Å². The topological polar surface area (TPSA) is 43.8 Å². The Balaban J connectivity index is 2.11. The van der Waals surface area contributed by atoms with E-state index in [9.17, 15) is 0 Å². The van der Waals surface area contributed by atoms with E-state index >= 15 is 0 Å². The zero-order valence-electron chi connectivity index (χ0n) is 12.0. The summed E-state index contributed by atoms with van der Waals surface area (Å²) < 4.78 is 2.12. The smallest absolute Gasteiger partial charge is 0.145 e. The molecule has 0 unspecified atom stereocenters. The van der Waals surface area contributed by atoms with Gasteiger partial charge in [0.1, 0.15) is 5.82 Å². The Hall–Kier alpha value is -3.07. The number of rotatable bonds is 2. The molecule has 0 saturated carbocycles. The third-order valence-electron chi connectivity index (χ3n) is 3.75. The molecule has 3 nitrogen and oxygen atoms in total. The molecule has 0 aliphatic rings. The standard InChI is InChI=1S/C19H15N3/c20-16-12-7-13-17-18(16)22(15-10-5-2-6-11-15)19(21-17)14-8-3-1-4-9-14/h1-13H,20H2. The van der Waals surface area contributed by atoms with Gasteiger partial charge in [-0.15, -0.1) is 0 Å². The van der Waals surface area contributed by atoms with Gasteiger partial charge in [0.25, 0.3) is 0 Å². The lowest BCUT2D eigenvalue weighted by Crippen LogP contribution is -1.99. The van der Waals surface area contributed by atoms with Crippen LogP contribution in [0.3, 0.4) is 0 Å². The highest BCUT2D eigenvalue weighted by molar-refractivity contribution is 5.92. The quantitative estimate of drug-likeness (QED) is 0.559. The first-order chi connectivity index (χ1) is 10.8. The van der Waals surface area contributed by atoms with Crippen molar-refractivity contribution in [2.45, 2.75) is 0 Å². The van der Waals surface area contributed by atoms with Crippen molar-refractivity contribution < 1.29 is 0 Å². The third kappa shape index (κ3) is 1.95. The van der Waals surface area contributed by atoms with Gasteiger partial charge in [-0.1, -0.05) is 54.6 Å². The van der Waals surface area contributed by atoms with Crippen LogP contribution in [-0.2, 0) is 0 Å². The SMILES string of the molecule is Nc1cccc2nc(-c3ccccc3)n(-c3ccccc3)c12. The lowest BCUT2D eigenvalue weighted by Gasteiger charge is -2.10. The highest BCUT2D eigenvalue weighted by Gasteiger charge is 2.15. The Labute approximate surface area is 128 Å². The molecule has 1 aromatic heterocycles. The van der Waals surface area contributed by atoms with E-state index in [0.29, 0.717) is 0 Å². The third-order valence-corrected chi connectivity index (χ3v) is 3.75. The van der Waals surface area contributed by atoms with Crippen molar-refractivity contribution in [2.24, 2.45) is 0 Å². The first kappa shape index (κ1) is 12.7. The summed E-state index contributed by atoms with van der Waals surface area (Å²) in [5.41, 5.74) is 10.9. The largest absolute Gasteiger partial charge is 0.397 e. The fourth-order valence-corrected chi connectivity index (χ4v) is 2.76. The lowest BCUT2D eigenvalue weighted by molar-refractivity contribution is 1.10. The highest BCUT2D eigenvalue weighted by Crippen LogP contribution is 2.31. The fraction of sp³-hybridized carbons (Fsp3) is 0. The molecule has 0 aliphatic carbocycles. The maximum Gasteiger partial charge on any atom is 0.145 e. The van der Waals surface area contributed by atoms with E-state index in [2.05, 4.69) is 28.8 Å². The predicted octanol–water partition coefficient (Wildman–Crippen LogP) is 4.27. The average molecular weight is 285 g/mol. The van der Waals surface area contributed by atoms with Gasteiger partial charge in [0.2, 0.25) is 0 Å². The summed E-state index contributed by atoms with van der Waals surface area (Å²) in [6, 6.07) is 26.2. The zero-order chi connectivity index (χ0) is 14.9. The van der Waals surface area contributed by atoms with Crippen LogP contribution in [0.1, 0.15) is 0 Å². The van der Waals surface area contributed by atoms with Gasteiger partial charge in [0, 0.05) is 11.3 Å². The number of fused-ring (bicyclic) bond motifs is 1. The van der Waals surface area contributed by atoms with Crippen molar-refractivity contribution in [1.82, 2.24) is 9.55 Å². The molecule has 0 bridgehead atoms. The molecule has 3 heteroatoms. The molecular formula is C19H15N3. The predicted molar refractivity (Wildman–Crippen MR) is 90.9 cm³/mol. The van der Waals surface area contributed by atoms with Crippen LogP contribution in [0.25, 0.3) is 28.1 Å². The van der Waals surface area contributed by atoms with Gasteiger partial charge >= 0.3 is 0 Å². The lowest BCUT2D eigenvalue weighted by atomic mass is 10.2. The summed E-state index contributed by atoms with van der Waals surface area (Å²) in [6.07, 6.45) is 0. The normalized spacial score (nSPS) is 10.9. The monoisotopic (exact) mass is 285 g/mol. The highest BCUT2D eigenvalue weighted by atomic mass is 15.1. The molecule has 0 radical (unpaired) electrons. The number of para-hydroxylation sites is 2. The van der Waals surface area contributed by atoms with Gasteiger partial charge in [-0.25, -0.2) is 4.98 Å². The van der Waals surface area contributed by atoms with Gasteiger partial charge in [-0.2, -0.15) is 0 Å². The molecule has 0 atom stereocenters. The molecule has 106 valence electrons. The Morgan fingerprint density at radius 3 is 2.14 bits per heavy atom. The van der Waals surface area contributed by atoms with Crippen molar-refractivity contribution >= 4 is 16.7 Å². The van der Waals surface area contributed by atoms with Gasteiger partial charge in [-0.3, -0.25) is 4.57 Å². The van der Waals surface area contributed by atoms with Crippen LogP contribution in [-0.4, -0.2) is 9.55 Å². The summed E-state index contributed by atoms with van der Waals surface area (Å²) in [6.45, 7) is 0. The van der Waals surface area contributed by atoms with E-state index in [0.717, 1.165) is 33.8 Å². The second-order valence-electron chi connectivity index (χ2n) is 5.19. The molecule has 3 aromatic carbocycles. The second kappa shape index (κ2) is 5.04. The first-order valence-electron chi connectivity index (χ1n) is 7.22. The minimum Gasteiger partial charge on any atom is -0.397 e. The molecule has 0 spiro atoms. The first-order valence-corrected chi connectivity index (χ1v) is 7.22. The van der Waals surface area contributed by atoms with Crippen molar-refractivity contribution in [2.75, 3.05) is 5.73 Å². The minimum absolute atomic E-state index is 0.732. The van der Waals surface area contributed by atoms with Crippen molar-refractivity contribution in [3.05, 3.63) is 78.9 Å². The van der Waals surface area contributed by atoms with E-state index in [1.54, 1.807) is 0 Å². The second-order valence-corrected chi connectivity index (χ2v) is 5.19. The summed E-state index contributed by atoms with van der Waals surface area (Å²) in [7, 11) is 0. The van der Waals surface area contributed by atoms with Crippen LogP contribution in [0.15, 0.2) is 78.9 Å². The van der Waals surface area contributed by atoms with E-state index < -0.39 is 0 Å². The molecule has 22 heavy (non-hydrogen) atoms. The Bertz CT molecular complexity index is 925. The zero-order valence-corrected chi connectivity index (χ0v) is 12.0. The van der Waals surface area contributed by atoms with Gasteiger partial charge in [0.15, 0.2) is 0 Å². The maximum atomic E-state index is 6.22. The average Bonchev–Trinajstić information content (AvgIpc) is 2.97. The van der Waals surface area contributed by atoms with Gasteiger partial charge in [-0.05, 0) is 24.3 Å². The molecule has 0 fully saturated rings. The van der Waals surface area contributed by atoms with E-state index in [1.807, 2.05) is 54.6 Å². The number of benzene rings is 3. The minimum atomic E-state index is 0.732. The van der Waals surface area contributed by atoms with Gasteiger partial charge in [0.05, 0.1) is 16.7 Å². The summed E-state index contributed by atoms with van der Waals surface area (Å²) in [5.74, 6) is 0.903. The van der Waals surface area contributed by atoms with Crippen LogP contribution < -0.4 is 5.73 Å². The summed E-state index contributed by atoms with van der Waals surface area (Å²) in [5, 5.41) is 0. The molecule has 1 heterocycles. The number of nitrogens with two attached hydrogens (primary N) is 1. The Morgan fingerprint density at radius 2 is 1.41 bits per heavy atom. The number of hydrogen-bond acceptors (Lipinski definition) is 2. The van der Waals surface area contributed by atoms with Crippen LogP contribution in [0.2, 0.25) is 0 Å². The van der Waals surface area contributed by atoms with Gasteiger partial charge < -0.3 is 5.73 Å². The number of anilines is 1. The molecule has 4 rings (SSSR count). The van der Waals surface area contributed by atoms with Crippen molar-refractivity contribution in [1.29, 1.82) is 0 Å². The van der Waals surface area contributed by atoms with Crippen LogP contribution in [0, 0.1) is 0 Å². The Kier molecular flexibility index (Phi) is 2.90. The van der Waals surface area contributed by atoms with E-state index in [1.165, 1.54) is 0 Å². The molecule has 4 aromatic rings. The molecule has 0 saturated heterocycles. The number of nitrogens with zero attached hydrogens (tertiary/aromatic N) is 2. The number of hydrogen-bond donors (Lipinski definition) is 1. The summed E-state index contributed by atoms with van der Waals surface area (Å²) in [4.78, 5) is 4.80.